The van der Waals surface area contributed by atoms with E-state index in [-0.39, 0.29) is 11.9 Å². The van der Waals surface area contributed by atoms with Crippen LogP contribution in [0.25, 0.3) is 11.0 Å². The molecular formula is C18H24FNO. The quantitative estimate of drug-likeness (QED) is 0.833. The van der Waals surface area contributed by atoms with E-state index in [1.807, 2.05) is 6.07 Å². The minimum absolute atomic E-state index is 0.207. The highest BCUT2D eigenvalue weighted by molar-refractivity contribution is 5.78. The van der Waals surface area contributed by atoms with Crippen molar-refractivity contribution in [1.82, 2.24) is 5.32 Å². The molecule has 0 aliphatic heterocycles. The molecule has 1 aromatic heterocycles. The number of hydrogen-bond donors (Lipinski definition) is 1. The number of benzene rings is 1. The lowest BCUT2D eigenvalue weighted by molar-refractivity contribution is 0.315. The van der Waals surface area contributed by atoms with Crippen molar-refractivity contribution < 1.29 is 8.81 Å². The first-order valence-electron chi connectivity index (χ1n) is 8.13. The standard InChI is InChI=1S/C18H24FNO/c1-3-12-5-6-13(9-12)18(20-4-2)17-11-14-10-15(19)7-8-16(14)21-17/h7-8,10-13,18,20H,3-6,9H2,1-2H3. The molecule has 1 saturated carbocycles. The zero-order valence-electron chi connectivity index (χ0n) is 12.9. The average molecular weight is 289 g/mol. The zero-order chi connectivity index (χ0) is 14.8. The first-order chi connectivity index (χ1) is 10.2. The summed E-state index contributed by atoms with van der Waals surface area (Å²) in [7, 11) is 0. The monoisotopic (exact) mass is 289 g/mol. The molecule has 0 radical (unpaired) electrons. The van der Waals surface area contributed by atoms with Crippen LogP contribution in [0.2, 0.25) is 0 Å². The van der Waals surface area contributed by atoms with Gasteiger partial charge in [0.05, 0.1) is 6.04 Å². The molecule has 0 spiro atoms. The molecule has 2 nitrogen and oxygen atoms in total. The van der Waals surface area contributed by atoms with Crippen LogP contribution in [0.4, 0.5) is 4.39 Å². The molecule has 21 heavy (non-hydrogen) atoms. The van der Waals surface area contributed by atoms with E-state index in [1.165, 1.54) is 31.7 Å². The van der Waals surface area contributed by atoms with Crippen molar-refractivity contribution in [2.75, 3.05) is 6.54 Å². The maximum atomic E-state index is 13.3. The molecule has 1 heterocycles. The summed E-state index contributed by atoms with van der Waals surface area (Å²) in [5, 5.41) is 4.43. The normalized spacial score (nSPS) is 23.8. The summed E-state index contributed by atoms with van der Waals surface area (Å²) in [6.45, 7) is 5.32. The molecule has 1 aliphatic rings. The Morgan fingerprint density at radius 1 is 1.29 bits per heavy atom. The maximum Gasteiger partial charge on any atom is 0.134 e. The Morgan fingerprint density at radius 2 is 2.14 bits per heavy atom. The van der Waals surface area contributed by atoms with Crippen molar-refractivity contribution >= 4 is 11.0 Å². The molecule has 1 fully saturated rings. The van der Waals surface area contributed by atoms with E-state index in [1.54, 1.807) is 12.1 Å². The molecule has 3 unspecified atom stereocenters. The summed E-state index contributed by atoms with van der Waals surface area (Å²) in [4.78, 5) is 0. The second kappa shape index (κ2) is 6.18. The van der Waals surface area contributed by atoms with Crippen LogP contribution >= 0.6 is 0 Å². The van der Waals surface area contributed by atoms with Gasteiger partial charge in [-0.15, -0.1) is 0 Å². The fourth-order valence-corrected chi connectivity index (χ4v) is 3.69. The summed E-state index contributed by atoms with van der Waals surface area (Å²) >= 11 is 0. The van der Waals surface area contributed by atoms with Crippen molar-refractivity contribution in [3.63, 3.8) is 0 Å². The SMILES string of the molecule is CCNC(c1cc2cc(F)ccc2o1)C1CCC(CC)C1. The fraction of sp³-hybridized carbons (Fsp3) is 0.556. The summed E-state index contributed by atoms with van der Waals surface area (Å²) in [6, 6.07) is 6.99. The van der Waals surface area contributed by atoms with Crippen molar-refractivity contribution in [2.45, 2.75) is 45.6 Å². The Hall–Kier alpha value is -1.35. The molecule has 0 saturated heterocycles. The van der Waals surface area contributed by atoms with Gasteiger partial charge in [0, 0.05) is 5.39 Å². The zero-order valence-corrected chi connectivity index (χ0v) is 12.9. The van der Waals surface area contributed by atoms with Crippen molar-refractivity contribution in [2.24, 2.45) is 11.8 Å². The third kappa shape index (κ3) is 2.98. The molecule has 1 aliphatic carbocycles. The van der Waals surface area contributed by atoms with Crippen LogP contribution in [0.15, 0.2) is 28.7 Å². The van der Waals surface area contributed by atoms with Gasteiger partial charge in [0.25, 0.3) is 0 Å². The molecular weight excluding hydrogens is 265 g/mol. The lowest BCUT2D eigenvalue weighted by atomic mass is 9.94. The molecule has 3 atom stereocenters. The molecule has 1 N–H and O–H groups in total. The van der Waals surface area contributed by atoms with E-state index in [0.717, 1.165) is 29.2 Å². The van der Waals surface area contributed by atoms with Crippen LogP contribution < -0.4 is 5.32 Å². The van der Waals surface area contributed by atoms with Gasteiger partial charge in [-0.05, 0) is 55.5 Å². The molecule has 3 heteroatoms. The topological polar surface area (TPSA) is 25.2 Å². The van der Waals surface area contributed by atoms with E-state index in [0.29, 0.717) is 5.92 Å². The minimum Gasteiger partial charge on any atom is -0.459 e. The Labute approximate surface area is 125 Å². The van der Waals surface area contributed by atoms with Gasteiger partial charge < -0.3 is 9.73 Å². The number of rotatable bonds is 5. The third-order valence-electron chi connectivity index (χ3n) is 4.86. The average Bonchev–Trinajstić information content (AvgIpc) is 3.10. The van der Waals surface area contributed by atoms with Gasteiger partial charge in [-0.3, -0.25) is 0 Å². The van der Waals surface area contributed by atoms with Gasteiger partial charge in [0.1, 0.15) is 17.2 Å². The maximum absolute atomic E-state index is 13.3. The Bertz CT molecular complexity index is 606. The summed E-state index contributed by atoms with van der Waals surface area (Å²) in [6.07, 6.45) is 5.10. The third-order valence-corrected chi connectivity index (χ3v) is 4.86. The smallest absolute Gasteiger partial charge is 0.134 e. The Morgan fingerprint density at radius 3 is 2.86 bits per heavy atom. The van der Waals surface area contributed by atoms with Crippen molar-refractivity contribution in [1.29, 1.82) is 0 Å². The molecule has 2 aromatic rings. The first kappa shape index (κ1) is 14.6. The van der Waals surface area contributed by atoms with E-state index in [4.69, 9.17) is 4.42 Å². The minimum atomic E-state index is -0.207. The van der Waals surface area contributed by atoms with E-state index < -0.39 is 0 Å². The molecule has 1 aromatic carbocycles. The van der Waals surface area contributed by atoms with Gasteiger partial charge in [-0.1, -0.05) is 26.7 Å². The summed E-state index contributed by atoms with van der Waals surface area (Å²) in [5.74, 6) is 2.22. The molecule has 3 rings (SSSR count). The predicted octanol–water partition coefficient (Wildman–Crippen LogP) is 5.05. The largest absolute Gasteiger partial charge is 0.459 e. The first-order valence-corrected chi connectivity index (χ1v) is 8.13. The highest BCUT2D eigenvalue weighted by atomic mass is 19.1. The number of hydrogen-bond acceptors (Lipinski definition) is 2. The van der Waals surface area contributed by atoms with Gasteiger partial charge in [-0.25, -0.2) is 4.39 Å². The van der Waals surface area contributed by atoms with Crippen LogP contribution in [-0.4, -0.2) is 6.54 Å². The molecule has 114 valence electrons. The van der Waals surface area contributed by atoms with Crippen LogP contribution in [0.1, 0.15) is 51.3 Å². The predicted molar refractivity (Wildman–Crippen MR) is 83.7 cm³/mol. The van der Waals surface area contributed by atoms with Gasteiger partial charge in [0.15, 0.2) is 0 Å². The lowest BCUT2D eigenvalue weighted by Gasteiger charge is -2.22. The number of halogens is 1. The van der Waals surface area contributed by atoms with Gasteiger partial charge in [0.2, 0.25) is 0 Å². The number of fused-ring (bicyclic) bond motifs is 1. The fourth-order valence-electron chi connectivity index (χ4n) is 3.69. The van der Waals surface area contributed by atoms with E-state index in [9.17, 15) is 4.39 Å². The van der Waals surface area contributed by atoms with Crippen LogP contribution in [-0.2, 0) is 0 Å². The second-order valence-electron chi connectivity index (χ2n) is 6.21. The molecule has 0 amide bonds. The van der Waals surface area contributed by atoms with Crippen LogP contribution in [0, 0.1) is 17.7 Å². The Balaban J connectivity index is 1.88. The van der Waals surface area contributed by atoms with Crippen molar-refractivity contribution in [3.05, 3.63) is 35.8 Å². The van der Waals surface area contributed by atoms with E-state index in [2.05, 4.69) is 19.2 Å². The highest BCUT2D eigenvalue weighted by Gasteiger charge is 2.32. The lowest BCUT2D eigenvalue weighted by Crippen LogP contribution is -2.26. The second-order valence-corrected chi connectivity index (χ2v) is 6.21. The highest BCUT2D eigenvalue weighted by Crippen LogP contribution is 2.41. The van der Waals surface area contributed by atoms with Crippen LogP contribution in [0.3, 0.4) is 0 Å². The van der Waals surface area contributed by atoms with Gasteiger partial charge >= 0.3 is 0 Å². The Kier molecular flexibility index (Phi) is 4.29. The van der Waals surface area contributed by atoms with E-state index >= 15 is 0 Å². The van der Waals surface area contributed by atoms with Gasteiger partial charge in [-0.2, -0.15) is 0 Å². The number of furan rings is 1. The molecule has 0 bridgehead atoms. The number of nitrogens with one attached hydrogen (secondary N) is 1. The van der Waals surface area contributed by atoms with Crippen LogP contribution in [0.5, 0.6) is 0 Å². The van der Waals surface area contributed by atoms with Crippen molar-refractivity contribution in [3.8, 4) is 0 Å². The summed E-state index contributed by atoms with van der Waals surface area (Å²) in [5.41, 5.74) is 0.777. The summed E-state index contributed by atoms with van der Waals surface area (Å²) < 4.78 is 19.3.